The molecule has 1 heterocycles. The predicted octanol–water partition coefficient (Wildman–Crippen LogP) is 0.489. The van der Waals surface area contributed by atoms with Crippen molar-refractivity contribution < 1.29 is 19.4 Å². The Morgan fingerprint density at radius 3 is 2.47 bits per heavy atom. The second-order valence-electron chi connectivity index (χ2n) is 3.73. The lowest BCUT2D eigenvalue weighted by Crippen LogP contribution is -2.39. The number of nitrogens with zero attached hydrogens (tertiary/aromatic N) is 1. The van der Waals surface area contributed by atoms with Crippen LogP contribution in [-0.2, 0) is 14.3 Å². The van der Waals surface area contributed by atoms with Crippen LogP contribution >= 0.6 is 0 Å². The quantitative estimate of drug-likeness (QED) is 0.741. The maximum atomic E-state index is 11.5. The Balaban J connectivity index is 2.25. The Bertz CT molecular complexity index is 236. The second kappa shape index (κ2) is 5.70. The van der Waals surface area contributed by atoms with Crippen LogP contribution in [0.1, 0.15) is 26.2 Å². The number of piperidine rings is 1. The standard InChI is InChI=1S/C10H17NO4/c1-8(10(13)14)15-7-9(12)11-5-3-2-4-6-11/h8H,2-7H2,1H3,(H,13,14)/t8-/m1/s1. The van der Waals surface area contributed by atoms with Gasteiger partial charge in [0.25, 0.3) is 0 Å². The van der Waals surface area contributed by atoms with E-state index in [1.165, 1.54) is 6.92 Å². The fourth-order valence-electron chi connectivity index (χ4n) is 1.50. The first-order chi connectivity index (χ1) is 7.11. The summed E-state index contributed by atoms with van der Waals surface area (Å²) in [6, 6.07) is 0. The molecule has 0 aliphatic carbocycles. The van der Waals surface area contributed by atoms with Crippen LogP contribution in [0.5, 0.6) is 0 Å². The minimum atomic E-state index is -1.04. The van der Waals surface area contributed by atoms with Gasteiger partial charge in [0.2, 0.25) is 5.91 Å². The first kappa shape index (κ1) is 12.0. The molecule has 15 heavy (non-hydrogen) atoms. The van der Waals surface area contributed by atoms with Crippen molar-refractivity contribution >= 4 is 11.9 Å². The van der Waals surface area contributed by atoms with E-state index in [4.69, 9.17) is 9.84 Å². The third-order valence-electron chi connectivity index (χ3n) is 2.51. The maximum absolute atomic E-state index is 11.5. The molecular weight excluding hydrogens is 198 g/mol. The van der Waals surface area contributed by atoms with E-state index >= 15 is 0 Å². The molecule has 0 aromatic heterocycles. The highest BCUT2D eigenvalue weighted by atomic mass is 16.5. The lowest BCUT2D eigenvalue weighted by atomic mass is 10.1. The zero-order valence-electron chi connectivity index (χ0n) is 8.94. The average molecular weight is 215 g/mol. The summed E-state index contributed by atoms with van der Waals surface area (Å²) in [6.07, 6.45) is 2.30. The number of hydrogen-bond donors (Lipinski definition) is 1. The van der Waals surface area contributed by atoms with Crippen LogP contribution in [0.15, 0.2) is 0 Å². The molecule has 1 fully saturated rings. The molecule has 0 unspecified atom stereocenters. The Hall–Kier alpha value is -1.10. The van der Waals surface area contributed by atoms with Crippen molar-refractivity contribution in [3.63, 3.8) is 0 Å². The summed E-state index contributed by atoms with van der Waals surface area (Å²) in [5.74, 6) is -1.15. The number of hydrogen-bond acceptors (Lipinski definition) is 3. The van der Waals surface area contributed by atoms with Crippen molar-refractivity contribution in [3.05, 3.63) is 0 Å². The number of ether oxygens (including phenoxy) is 1. The lowest BCUT2D eigenvalue weighted by Gasteiger charge is -2.26. The summed E-state index contributed by atoms with van der Waals surface area (Å²) >= 11 is 0. The van der Waals surface area contributed by atoms with Crippen LogP contribution in [0.4, 0.5) is 0 Å². The van der Waals surface area contributed by atoms with Crippen molar-refractivity contribution in [2.75, 3.05) is 19.7 Å². The molecule has 1 aliphatic heterocycles. The molecule has 0 bridgehead atoms. The van der Waals surface area contributed by atoms with E-state index in [1.54, 1.807) is 4.90 Å². The molecule has 1 N–H and O–H groups in total. The molecule has 0 radical (unpaired) electrons. The van der Waals surface area contributed by atoms with Crippen LogP contribution in [0.3, 0.4) is 0 Å². The highest BCUT2D eigenvalue weighted by Gasteiger charge is 2.19. The minimum Gasteiger partial charge on any atom is -0.479 e. The largest absolute Gasteiger partial charge is 0.479 e. The van der Waals surface area contributed by atoms with Crippen molar-refractivity contribution in [2.24, 2.45) is 0 Å². The van der Waals surface area contributed by atoms with Gasteiger partial charge in [-0.15, -0.1) is 0 Å². The predicted molar refractivity (Wildman–Crippen MR) is 53.5 cm³/mol. The molecule has 0 aromatic carbocycles. The van der Waals surface area contributed by atoms with Gasteiger partial charge in [-0.2, -0.15) is 0 Å². The summed E-state index contributed by atoms with van der Waals surface area (Å²) < 4.78 is 4.93. The Kier molecular flexibility index (Phi) is 4.55. The molecule has 1 aliphatic rings. The van der Waals surface area contributed by atoms with E-state index in [-0.39, 0.29) is 12.5 Å². The van der Waals surface area contributed by atoms with E-state index < -0.39 is 12.1 Å². The summed E-state index contributed by atoms with van der Waals surface area (Å²) in [7, 11) is 0. The Morgan fingerprint density at radius 2 is 1.93 bits per heavy atom. The first-order valence-corrected chi connectivity index (χ1v) is 5.23. The van der Waals surface area contributed by atoms with E-state index in [0.29, 0.717) is 0 Å². The van der Waals surface area contributed by atoms with Gasteiger partial charge in [0.05, 0.1) is 0 Å². The summed E-state index contributed by atoms with van der Waals surface area (Å²) in [4.78, 5) is 23.7. The van der Waals surface area contributed by atoms with Gasteiger partial charge >= 0.3 is 5.97 Å². The van der Waals surface area contributed by atoms with Crippen LogP contribution < -0.4 is 0 Å². The van der Waals surface area contributed by atoms with Crippen LogP contribution in [0.25, 0.3) is 0 Å². The smallest absolute Gasteiger partial charge is 0.332 e. The van der Waals surface area contributed by atoms with Gasteiger partial charge in [-0.05, 0) is 26.2 Å². The molecule has 1 saturated heterocycles. The molecule has 0 aromatic rings. The monoisotopic (exact) mass is 215 g/mol. The van der Waals surface area contributed by atoms with E-state index in [2.05, 4.69) is 0 Å². The molecule has 0 spiro atoms. The number of carboxylic acid groups (broad SMARTS) is 1. The maximum Gasteiger partial charge on any atom is 0.332 e. The number of aliphatic carboxylic acids is 1. The molecule has 86 valence electrons. The summed E-state index contributed by atoms with van der Waals surface area (Å²) in [5, 5.41) is 8.56. The number of carbonyl (C=O) groups excluding carboxylic acids is 1. The fraction of sp³-hybridized carbons (Fsp3) is 0.800. The topological polar surface area (TPSA) is 66.8 Å². The normalized spacial score (nSPS) is 18.6. The SMILES string of the molecule is C[C@@H](OCC(=O)N1CCCCC1)C(=O)O. The van der Waals surface area contributed by atoms with Crippen molar-refractivity contribution in [2.45, 2.75) is 32.3 Å². The van der Waals surface area contributed by atoms with Crippen LogP contribution in [0.2, 0.25) is 0 Å². The second-order valence-corrected chi connectivity index (χ2v) is 3.73. The van der Waals surface area contributed by atoms with Crippen molar-refractivity contribution in [1.82, 2.24) is 4.90 Å². The first-order valence-electron chi connectivity index (χ1n) is 5.23. The molecule has 5 heteroatoms. The molecule has 1 amide bonds. The van der Waals surface area contributed by atoms with Gasteiger partial charge in [0.1, 0.15) is 6.61 Å². The molecule has 0 saturated carbocycles. The van der Waals surface area contributed by atoms with Gasteiger partial charge in [-0.3, -0.25) is 4.79 Å². The van der Waals surface area contributed by atoms with Crippen molar-refractivity contribution in [1.29, 1.82) is 0 Å². The van der Waals surface area contributed by atoms with Crippen LogP contribution in [0, 0.1) is 0 Å². The minimum absolute atomic E-state index is 0.109. The Labute approximate surface area is 89.0 Å². The zero-order chi connectivity index (χ0) is 11.3. The van der Waals surface area contributed by atoms with Crippen molar-refractivity contribution in [3.8, 4) is 0 Å². The number of carbonyl (C=O) groups is 2. The van der Waals surface area contributed by atoms with Gasteiger partial charge in [0.15, 0.2) is 6.10 Å². The molecule has 1 atom stereocenters. The molecular formula is C10H17NO4. The Morgan fingerprint density at radius 1 is 1.33 bits per heavy atom. The lowest BCUT2D eigenvalue weighted by molar-refractivity contribution is -0.153. The highest BCUT2D eigenvalue weighted by Crippen LogP contribution is 2.08. The zero-order valence-corrected chi connectivity index (χ0v) is 8.94. The van der Waals surface area contributed by atoms with E-state index in [1.807, 2.05) is 0 Å². The third-order valence-corrected chi connectivity index (χ3v) is 2.51. The number of carboxylic acids is 1. The third kappa shape index (κ3) is 3.87. The van der Waals surface area contributed by atoms with Gasteiger partial charge < -0.3 is 14.7 Å². The van der Waals surface area contributed by atoms with Crippen LogP contribution in [-0.4, -0.2) is 47.7 Å². The van der Waals surface area contributed by atoms with E-state index in [0.717, 1.165) is 32.4 Å². The van der Waals surface area contributed by atoms with Gasteiger partial charge in [0, 0.05) is 13.1 Å². The summed E-state index contributed by atoms with van der Waals surface area (Å²) in [6.45, 7) is 2.83. The fourth-order valence-corrected chi connectivity index (χ4v) is 1.50. The van der Waals surface area contributed by atoms with Gasteiger partial charge in [-0.1, -0.05) is 0 Å². The summed E-state index contributed by atoms with van der Waals surface area (Å²) in [5.41, 5.74) is 0. The molecule has 1 rings (SSSR count). The van der Waals surface area contributed by atoms with Gasteiger partial charge in [-0.25, -0.2) is 4.79 Å². The number of likely N-dealkylation sites (tertiary alicyclic amines) is 1. The average Bonchev–Trinajstić information content (AvgIpc) is 2.26. The highest BCUT2D eigenvalue weighted by molar-refractivity contribution is 5.78. The number of amides is 1. The van der Waals surface area contributed by atoms with E-state index in [9.17, 15) is 9.59 Å². The molecule has 5 nitrogen and oxygen atoms in total. The number of rotatable bonds is 4.